The van der Waals surface area contributed by atoms with E-state index in [2.05, 4.69) is 30.5 Å². The van der Waals surface area contributed by atoms with Gasteiger partial charge in [0.2, 0.25) is 5.82 Å². The fourth-order valence-electron chi connectivity index (χ4n) is 2.94. The van der Waals surface area contributed by atoms with Crippen LogP contribution >= 0.6 is 0 Å². The number of hydrogen-bond acceptors (Lipinski definition) is 8. The van der Waals surface area contributed by atoms with Crippen LogP contribution in [0.2, 0.25) is 0 Å². The lowest BCUT2D eigenvalue weighted by molar-refractivity contribution is 0.0683. The van der Waals surface area contributed by atoms with Crippen LogP contribution in [-0.4, -0.2) is 46.7 Å². The molecule has 0 aliphatic heterocycles. The highest BCUT2D eigenvalue weighted by Gasteiger charge is 2.14. The molecule has 0 aliphatic rings. The number of carboxylic acid groups (broad SMARTS) is 1. The van der Waals surface area contributed by atoms with Gasteiger partial charge in [-0.1, -0.05) is 12.1 Å². The van der Waals surface area contributed by atoms with Crippen molar-refractivity contribution in [3.05, 3.63) is 72.6 Å². The van der Waals surface area contributed by atoms with Crippen molar-refractivity contribution >= 4 is 17.7 Å². The number of ether oxygens (including phenoxy) is 1. The number of carboxylic acids is 1. The number of rotatable bonds is 7. The Morgan fingerprint density at radius 1 is 1.06 bits per heavy atom. The SMILES string of the molecule is CC(C)n1cnnc1-c1cccc(NC(=O)c2cccc(Oc3cnc(C(=O)O)nc3)c2)n1. The van der Waals surface area contributed by atoms with E-state index in [4.69, 9.17) is 9.84 Å². The number of hydrogen-bond donors (Lipinski definition) is 2. The third-order valence-corrected chi connectivity index (χ3v) is 4.50. The molecule has 1 aromatic carbocycles. The molecule has 0 fully saturated rings. The highest BCUT2D eigenvalue weighted by Crippen LogP contribution is 2.23. The maximum Gasteiger partial charge on any atom is 0.373 e. The Balaban J connectivity index is 1.49. The zero-order chi connectivity index (χ0) is 23.4. The minimum absolute atomic E-state index is 0.156. The van der Waals surface area contributed by atoms with E-state index >= 15 is 0 Å². The molecule has 0 spiro atoms. The number of nitrogens with one attached hydrogen (secondary N) is 1. The van der Waals surface area contributed by atoms with Crippen molar-refractivity contribution in [1.29, 1.82) is 0 Å². The Morgan fingerprint density at radius 3 is 2.55 bits per heavy atom. The fourth-order valence-corrected chi connectivity index (χ4v) is 2.94. The van der Waals surface area contributed by atoms with Crippen LogP contribution in [0.4, 0.5) is 5.82 Å². The largest absolute Gasteiger partial charge is 0.475 e. The van der Waals surface area contributed by atoms with Gasteiger partial charge in [0.15, 0.2) is 11.6 Å². The van der Waals surface area contributed by atoms with E-state index in [1.807, 2.05) is 18.4 Å². The Bertz CT molecular complexity index is 1300. The van der Waals surface area contributed by atoms with Crippen LogP contribution in [0.3, 0.4) is 0 Å². The van der Waals surface area contributed by atoms with E-state index in [1.54, 1.807) is 48.8 Å². The van der Waals surface area contributed by atoms with E-state index in [0.717, 1.165) is 0 Å². The second kappa shape index (κ2) is 9.22. The summed E-state index contributed by atoms with van der Waals surface area (Å²) in [6, 6.07) is 11.9. The topological polar surface area (TPSA) is 145 Å². The molecule has 33 heavy (non-hydrogen) atoms. The van der Waals surface area contributed by atoms with Crippen LogP contribution in [0.25, 0.3) is 11.5 Å². The monoisotopic (exact) mass is 445 g/mol. The molecular weight excluding hydrogens is 426 g/mol. The van der Waals surface area contributed by atoms with Gasteiger partial charge in [-0.05, 0) is 44.2 Å². The van der Waals surface area contributed by atoms with Crippen LogP contribution in [-0.2, 0) is 0 Å². The van der Waals surface area contributed by atoms with Gasteiger partial charge in [-0.15, -0.1) is 10.2 Å². The zero-order valence-corrected chi connectivity index (χ0v) is 17.7. The highest BCUT2D eigenvalue weighted by molar-refractivity contribution is 6.04. The first-order chi connectivity index (χ1) is 15.9. The van der Waals surface area contributed by atoms with Gasteiger partial charge >= 0.3 is 5.97 Å². The summed E-state index contributed by atoms with van der Waals surface area (Å²) in [4.78, 5) is 35.5. The van der Waals surface area contributed by atoms with E-state index in [9.17, 15) is 9.59 Å². The van der Waals surface area contributed by atoms with Crippen LogP contribution in [0.5, 0.6) is 11.5 Å². The summed E-state index contributed by atoms with van der Waals surface area (Å²) in [6.07, 6.45) is 4.13. The third kappa shape index (κ3) is 4.98. The minimum Gasteiger partial charge on any atom is -0.475 e. The lowest BCUT2D eigenvalue weighted by atomic mass is 10.2. The molecule has 3 aromatic heterocycles. The lowest BCUT2D eigenvalue weighted by Gasteiger charge is -2.11. The first-order valence-electron chi connectivity index (χ1n) is 9.92. The summed E-state index contributed by atoms with van der Waals surface area (Å²) in [5, 5.41) is 19.7. The van der Waals surface area contributed by atoms with Crippen molar-refractivity contribution in [1.82, 2.24) is 29.7 Å². The summed E-state index contributed by atoms with van der Waals surface area (Å²) in [6.45, 7) is 4.03. The molecule has 0 bridgehead atoms. The van der Waals surface area contributed by atoms with Crippen LogP contribution in [0.1, 0.15) is 40.9 Å². The number of carbonyl (C=O) groups excluding carboxylic acids is 1. The Morgan fingerprint density at radius 2 is 1.82 bits per heavy atom. The molecule has 4 aromatic rings. The highest BCUT2D eigenvalue weighted by atomic mass is 16.5. The number of nitrogens with zero attached hydrogens (tertiary/aromatic N) is 6. The number of benzene rings is 1. The Kier molecular flexibility index (Phi) is 6.02. The molecule has 11 heteroatoms. The van der Waals surface area contributed by atoms with Crippen molar-refractivity contribution in [3.63, 3.8) is 0 Å². The maximum atomic E-state index is 12.8. The van der Waals surface area contributed by atoms with Crippen molar-refractivity contribution in [2.75, 3.05) is 5.32 Å². The van der Waals surface area contributed by atoms with Gasteiger partial charge in [0.25, 0.3) is 5.91 Å². The molecule has 2 N–H and O–H groups in total. The van der Waals surface area contributed by atoms with Gasteiger partial charge in [0.05, 0.1) is 12.4 Å². The second-order valence-electron chi connectivity index (χ2n) is 7.20. The molecule has 11 nitrogen and oxygen atoms in total. The van der Waals surface area contributed by atoms with Crippen molar-refractivity contribution < 1.29 is 19.4 Å². The number of anilines is 1. The number of aromatic carboxylic acids is 1. The molecule has 0 radical (unpaired) electrons. The predicted octanol–water partition coefficient (Wildman–Crippen LogP) is 3.45. The van der Waals surface area contributed by atoms with Gasteiger partial charge in [0, 0.05) is 11.6 Å². The van der Waals surface area contributed by atoms with E-state index in [-0.39, 0.29) is 23.5 Å². The standard InChI is InChI=1S/C22H19N7O4/c1-13(2)29-12-25-28-20(29)17-7-4-8-18(26-17)27-21(30)14-5-3-6-15(9-14)33-16-10-23-19(22(31)32)24-11-16/h3-13H,1-2H3,(H,31,32)(H,26,27,30). The first kappa shape index (κ1) is 21.6. The molecule has 0 aliphatic carbocycles. The second-order valence-corrected chi connectivity index (χ2v) is 7.20. The van der Waals surface area contributed by atoms with E-state index in [1.165, 1.54) is 12.4 Å². The predicted molar refractivity (Wildman–Crippen MR) is 117 cm³/mol. The third-order valence-electron chi connectivity index (χ3n) is 4.50. The summed E-state index contributed by atoms with van der Waals surface area (Å²) >= 11 is 0. The van der Waals surface area contributed by atoms with E-state index < -0.39 is 5.97 Å². The van der Waals surface area contributed by atoms with Crippen LogP contribution in [0.15, 0.2) is 61.2 Å². The van der Waals surface area contributed by atoms with Gasteiger partial charge in [-0.25, -0.2) is 19.7 Å². The van der Waals surface area contributed by atoms with Crippen molar-refractivity contribution in [2.45, 2.75) is 19.9 Å². The molecular formula is C22H19N7O4. The zero-order valence-electron chi connectivity index (χ0n) is 17.7. The van der Waals surface area contributed by atoms with Gasteiger partial charge in [-0.3, -0.25) is 4.79 Å². The molecule has 0 atom stereocenters. The number of aromatic nitrogens is 6. The molecule has 1 amide bonds. The van der Waals surface area contributed by atoms with Crippen molar-refractivity contribution in [2.24, 2.45) is 0 Å². The van der Waals surface area contributed by atoms with Gasteiger partial charge < -0.3 is 19.7 Å². The molecule has 0 saturated heterocycles. The first-order valence-corrected chi connectivity index (χ1v) is 9.92. The Hall–Kier alpha value is -4.67. The van der Waals surface area contributed by atoms with Gasteiger partial charge in [0.1, 0.15) is 23.6 Å². The number of amides is 1. The average molecular weight is 445 g/mol. The molecule has 3 heterocycles. The average Bonchev–Trinajstić information content (AvgIpc) is 3.30. The fraction of sp³-hybridized carbons (Fsp3) is 0.136. The quantitative estimate of drug-likeness (QED) is 0.437. The van der Waals surface area contributed by atoms with Crippen LogP contribution in [0, 0.1) is 0 Å². The maximum absolute atomic E-state index is 12.8. The van der Waals surface area contributed by atoms with E-state index in [0.29, 0.717) is 28.6 Å². The Labute approximate surface area is 188 Å². The normalized spacial score (nSPS) is 10.8. The molecule has 166 valence electrons. The molecule has 0 unspecified atom stereocenters. The molecule has 4 rings (SSSR count). The smallest absolute Gasteiger partial charge is 0.373 e. The van der Waals surface area contributed by atoms with Gasteiger partial charge in [-0.2, -0.15) is 0 Å². The number of pyridine rings is 1. The number of carbonyl (C=O) groups is 2. The lowest BCUT2D eigenvalue weighted by Crippen LogP contribution is -2.13. The summed E-state index contributed by atoms with van der Waals surface area (Å²) in [5.41, 5.74) is 0.925. The molecule has 0 saturated carbocycles. The summed E-state index contributed by atoms with van der Waals surface area (Å²) < 4.78 is 7.52. The van der Waals surface area contributed by atoms with Crippen LogP contribution < -0.4 is 10.1 Å². The summed E-state index contributed by atoms with van der Waals surface area (Å²) in [7, 11) is 0. The minimum atomic E-state index is -1.23. The van der Waals surface area contributed by atoms with Crippen molar-refractivity contribution in [3.8, 4) is 23.0 Å². The summed E-state index contributed by atoms with van der Waals surface area (Å²) in [5.74, 6) is -0.387.